The van der Waals surface area contributed by atoms with E-state index in [9.17, 15) is 13.6 Å². The van der Waals surface area contributed by atoms with E-state index in [-0.39, 0.29) is 29.2 Å². The number of rotatable bonds is 9. The van der Waals surface area contributed by atoms with Crippen molar-refractivity contribution in [3.8, 4) is 17.0 Å². The number of anilines is 2. The first-order valence-corrected chi connectivity index (χ1v) is 12.5. The minimum Gasteiger partial charge on any atom is -0.494 e. The molecule has 0 aliphatic rings. The molecule has 0 aliphatic heterocycles. The van der Waals surface area contributed by atoms with E-state index in [1.54, 1.807) is 22.7 Å². The number of amidine groups is 1. The number of halogens is 2. The second-order valence-corrected chi connectivity index (χ2v) is 9.53. The Hall–Kier alpha value is -4.54. The Labute approximate surface area is 225 Å². The van der Waals surface area contributed by atoms with Gasteiger partial charge in [-0.25, -0.2) is 14.4 Å². The second kappa shape index (κ2) is 11.5. The van der Waals surface area contributed by atoms with Gasteiger partial charge in [-0.1, -0.05) is 13.8 Å². The normalized spacial score (nSPS) is 11.9. The first-order chi connectivity index (χ1) is 18.6. The lowest BCUT2D eigenvalue weighted by molar-refractivity contribution is 0.0940. The topological polar surface area (TPSA) is 116 Å². The van der Waals surface area contributed by atoms with Gasteiger partial charge in [-0.15, -0.1) is 0 Å². The quantitative estimate of drug-likeness (QED) is 0.176. The Morgan fingerprint density at radius 1 is 1.13 bits per heavy atom. The van der Waals surface area contributed by atoms with Gasteiger partial charge in [-0.3, -0.25) is 14.6 Å². The molecule has 2 heterocycles. The van der Waals surface area contributed by atoms with Crippen LogP contribution in [0.3, 0.4) is 0 Å². The number of methoxy groups -OCH3 is 1. The average Bonchev–Trinajstić information content (AvgIpc) is 3.33. The summed E-state index contributed by atoms with van der Waals surface area (Å²) in [6, 6.07) is 7.92. The molecule has 0 aliphatic carbocycles. The number of ether oxygens (including phenoxy) is 1. The molecular weight excluding hydrogens is 504 g/mol. The monoisotopic (exact) mass is 535 g/mol. The van der Waals surface area contributed by atoms with E-state index in [1.807, 2.05) is 33.8 Å². The largest absolute Gasteiger partial charge is 0.494 e. The van der Waals surface area contributed by atoms with E-state index in [4.69, 9.17) is 10.1 Å². The first kappa shape index (κ1) is 27.5. The number of carbonyl (C=O) groups excluding carboxylic acids is 1. The molecule has 4 rings (SSSR count). The number of nitrogens with one attached hydrogen (secondary N) is 4. The molecule has 0 bridgehead atoms. The minimum atomic E-state index is -1.07. The Bertz CT molecular complexity index is 1530. The van der Waals surface area contributed by atoms with E-state index in [2.05, 4.69) is 25.9 Å². The van der Waals surface area contributed by atoms with Crippen LogP contribution in [0.1, 0.15) is 36.7 Å². The van der Waals surface area contributed by atoms with Crippen molar-refractivity contribution in [2.45, 2.75) is 33.7 Å². The molecule has 4 aromatic rings. The number of imidazole rings is 1. The summed E-state index contributed by atoms with van der Waals surface area (Å²) in [4.78, 5) is 21.6. The predicted molar refractivity (Wildman–Crippen MR) is 147 cm³/mol. The molecule has 11 heteroatoms. The van der Waals surface area contributed by atoms with Crippen molar-refractivity contribution in [2.24, 2.45) is 5.92 Å². The third-order valence-corrected chi connectivity index (χ3v) is 6.26. The van der Waals surface area contributed by atoms with Crippen LogP contribution in [-0.2, 0) is 0 Å². The molecule has 4 N–H and O–H groups in total. The lowest BCUT2D eigenvalue weighted by Gasteiger charge is -2.18. The SMILES string of the molecule is COc1ccc(-c2cnc3c(Nc4ccc(C(=O)N[C@H](C)CNC(=N)C(C)C)c(C)c4)nccn23)c(F)c1F. The van der Waals surface area contributed by atoms with Gasteiger partial charge < -0.3 is 20.7 Å². The fourth-order valence-corrected chi connectivity index (χ4v) is 4.05. The van der Waals surface area contributed by atoms with Crippen molar-refractivity contribution in [1.29, 1.82) is 5.41 Å². The highest BCUT2D eigenvalue weighted by atomic mass is 19.2. The van der Waals surface area contributed by atoms with Gasteiger partial charge in [0.05, 0.1) is 24.8 Å². The summed E-state index contributed by atoms with van der Waals surface area (Å²) in [6.45, 7) is 8.03. The highest BCUT2D eigenvalue weighted by Crippen LogP contribution is 2.31. The van der Waals surface area contributed by atoms with Gasteiger partial charge in [0.25, 0.3) is 5.91 Å². The third kappa shape index (κ3) is 5.82. The van der Waals surface area contributed by atoms with Crippen LogP contribution in [0.25, 0.3) is 16.9 Å². The molecule has 0 saturated carbocycles. The molecule has 0 radical (unpaired) electrons. The molecule has 204 valence electrons. The molecule has 39 heavy (non-hydrogen) atoms. The Morgan fingerprint density at radius 2 is 1.90 bits per heavy atom. The van der Waals surface area contributed by atoms with Crippen molar-refractivity contribution in [1.82, 2.24) is 25.0 Å². The maximum atomic E-state index is 14.8. The maximum Gasteiger partial charge on any atom is 0.251 e. The van der Waals surface area contributed by atoms with Crippen molar-refractivity contribution in [3.05, 3.63) is 71.7 Å². The molecule has 0 saturated heterocycles. The number of amides is 1. The second-order valence-electron chi connectivity index (χ2n) is 9.53. The van der Waals surface area contributed by atoms with E-state index in [0.29, 0.717) is 40.8 Å². The predicted octanol–water partition coefficient (Wildman–Crippen LogP) is 5.08. The minimum absolute atomic E-state index is 0.0367. The van der Waals surface area contributed by atoms with E-state index in [0.717, 1.165) is 5.56 Å². The number of fused-ring (bicyclic) bond motifs is 1. The van der Waals surface area contributed by atoms with Crippen LogP contribution in [0, 0.1) is 29.9 Å². The zero-order valence-corrected chi connectivity index (χ0v) is 22.4. The highest BCUT2D eigenvalue weighted by Gasteiger charge is 2.19. The van der Waals surface area contributed by atoms with Crippen LogP contribution in [-0.4, -0.2) is 45.8 Å². The van der Waals surface area contributed by atoms with Crippen LogP contribution in [0.4, 0.5) is 20.3 Å². The van der Waals surface area contributed by atoms with Crippen LogP contribution >= 0.6 is 0 Å². The highest BCUT2D eigenvalue weighted by molar-refractivity contribution is 5.96. The zero-order valence-electron chi connectivity index (χ0n) is 22.4. The lowest BCUT2D eigenvalue weighted by atomic mass is 10.1. The molecule has 0 unspecified atom stereocenters. The maximum absolute atomic E-state index is 14.8. The van der Waals surface area contributed by atoms with Gasteiger partial charge in [0.15, 0.2) is 23.0 Å². The lowest BCUT2D eigenvalue weighted by Crippen LogP contribution is -2.42. The summed E-state index contributed by atoms with van der Waals surface area (Å²) in [5.74, 6) is -1.57. The van der Waals surface area contributed by atoms with Crippen molar-refractivity contribution in [2.75, 3.05) is 19.0 Å². The van der Waals surface area contributed by atoms with Crippen LogP contribution in [0.15, 0.2) is 48.9 Å². The van der Waals surface area contributed by atoms with E-state index < -0.39 is 11.6 Å². The summed E-state index contributed by atoms with van der Waals surface area (Å²) < 4.78 is 35.5. The van der Waals surface area contributed by atoms with Crippen LogP contribution < -0.4 is 20.7 Å². The van der Waals surface area contributed by atoms with E-state index in [1.165, 1.54) is 31.6 Å². The van der Waals surface area contributed by atoms with Crippen molar-refractivity contribution in [3.63, 3.8) is 0 Å². The van der Waals surface area contributed by atoms with E-state index >= 15 is 0 Å². The number of hydrogen-bond donors (Lipinski definition) is 4. The number of aryl methyl sites for hydroxylation is 1. The summed E-state index contributed by atoms with van der Waals surface area (Å²) in [6.07, 6.45) is 4.59. The van der Waals surface area contributed by atoms with Gasteiger partial charge in [-0.2, -0.15) is 4.39 Å². The van der Waals surface area contributed by atoms with Crippen molar-refractivity contribution < 1.29 is 18.3 Å². The number of aromatic nitrogens is 3. The van der Waals surface area contributed by atoms with Gasteiger partial charge in [0.1, 0.15) is 0 Å². The number of carbonyl (C=O) groups is 1. The zero-order chi connectivity index (χ0) is 28.3. The standard InChI is InChI=1S/C28H31F2N7O2/c1-15(2)25(31)33-13-17(4)35-28(38)19-7-6-18(12-16(19)3)36-26-27-34-14-21(37(27)11-10-32-26)20-8-9-22(39-5)24(30)23(20)29/h6-12,14-15,17H,13H2,1-5H3,(H2,31,33)(H,32,36)(H,35,38)/t17-/m1/s1. The molecule has 1 atom stereocenters. The summed E-state index contributed by atoms with van der Waals surface area (Å²) >= 11 is 0. The smallest absolute Gasteiger partial charge is 0.251 e. The fraction of sp³-hybridized carbons (Fsp3) is 0.286. The molecule has 9 nitrogen and oxygen atoms in total. The number of hydrogen-bond acceptors (Lipinski definition) is 6. The van der Waals surface area contributed by atoms with Gasteiger partial charge in [-0.05, 0) is 49.7 Å². The summed E-state index contributed by atoms with van der Waals surface area (Å²) in [5.41, 5.74) is 2.75. The first-order valence-electron chi connectivity index (χ1n) is 12.5. The third-order valence-electron chi connectivity index (χ3n) is 6.26. The van der Waals surface area contributed by atoms with Crippen molar-refractivity contribution >= 4 is 28.9 Å². The Balaban J connectivity index is 1.52. The molecule has 1 amide bonds. The van der Waals surface area contributed by atoms with Gasteiger partial charge >= 0.3 is 0 Å². The van der Waals surface area contributed by atoms with Crippen LogP contribution in [0.5, 0.6) is 5.75 Å². The Morgan fingerprint density at radius 3 is 2.59 bits per heavy atom. The fourth-order valence-electron chi connectivity index (χ4n) is 4.05. The number of benzene rings is 2. The number of nitrogens with zero attached hydrogens (tertiary/aromatic N) is 3. The summed E-state index contributed by atoms with van der Waals surface area (Å²) in [7, 11) is 1.27. The molecule has 2 aromatic heterocycles. The molecule has 0 fully saturated rings. The Kier molecular flexibility index (Phi) is 8.08. The van der Waals surface area contributed by atoms with Gasteiger partial charge in [0.2, 0.25) is 5.82 Å². The van der Waals surface area contributed by atoms with Gasteiger partial charge in [0, 0.05) is 47.7 Å². The summed E-state index contributed by atoms with van der Waals surface area (Å²) in [5, 5.41) is 17.1. The average molecular weight is 536 g/mol. The molecular formula is C28H31F2N7O2. The molecule has 2 aromatic carbocycles. The van der Waals surface area contributed by atoms with Crippen LogP contribution in [0.2, 0.25) is 0 Å². The molecule has 0 spiro atoms.